The summed E-state index contributed by atoms with van der Waals surface area (Å²) < 4.78 is 6.83. The Kier molecular flexibility index (Phi) is 5.14. The summed E-state index contributed by atoms with van der Waals surface area (Å²) in [6.45, 7) is -0.105. The number of thioether (sulfide) groups is 1. The zero-order chi connectivity index (χ0) is 17.6. The molecular formula is C16H15N5O3S. The minimum absolute atomic E-state index is 0.105. The van der Waals surface area contributed by atoms with E-state index >= 15 is 0 Å². The molecule has 3 N–H and O–H groups in total. The standard InChI is InChI=1S/C16H15N5O3S/c17-13(22)9-21-15(12-7-4-8-24-12)19-20-16(21)25-10-14(23)18-11-5-2-1-3-6-11/h1-8H,9-10H2,(H2,17,22)(H,18,23). The predicted molar refractivity (Wildman–Crippen MR) is 92.7 cm³/mol. The topological polar surface area (TPSA) is 116 Å². The highest BCUT2D eigenvalue weighted by atomic mass is 32.2. The van der Waals surface area contributed by atoms with Gasteiger partial charge in [-0.25, -0.2) is 0 Å². The molecule has 3 aromatic rings. The molecule has 2 aromatic heterocycles. The minimum atomic E-state index is -0.539. The highest BCUT2D eigenvalue weighted by Crippen LogP contribution is 2.24. The molecule has 0 fully saturated rings. The average molecular weight is 357 g/mol. The molecule has 128 valence electrons. The fourth-order valence-electron chi connectivity index (χ4n) is 2.13. The van der Waals surface area contributed by atoms with E-state index in [9.17, 15) is 9.59 Å². The number of nitrogens with one attached hydrogen (secondary N) is 1. The fourth-order valence-corrected chi connectivity index (χ4v) is 2.87. The molecule has 0 aliphatic carbocycles. The number of primary amides is 1. The average Bonchev–Trinajstić information content (AvgIpc) is 3.23. The van der Waals surface area contributed by atoms with Crippen LogP contribution in [0.1, 0.15) is 0 Å². The summed E-state index contributed by atoms with van der Waals surface area (Å²) in [4.78, 5) is 23.4. The Hall–Kier alpha value is -3.07. The second-order valence-corrected chi connectivity index (χ2v) is 5.98. The van der Waals surface area contributed by atoms with Crippen molar-refractivity contribution >= 4 is 29.3 Å². The molecule has 0 aliphatic heterocycles. The number of nitrogens with zero attached hydrogens (tertiary/aromatic N) is 3. The van der Waals surface area contributed by atoms with Gasteiger partial charge in [0.05, 0.1) is 12.0 Å². The second-order valence-electron chi connectivity index (χ2n) is 5.04. The van der Waals surface area contributed by atoms with E-state index in [2.05, 4.69) is 15.5 Å². The van der Waals surface area contributed by atoms with Crippen molar-refractivity contribution in [3.8, 4) is 11.6 Å². The van der Waals surface area contributed by atoms with Gasteiger partial charge >= 0.3 is 0 Å². The van der Waals surface area contributed by atoms with E-state index < -0.39 is 5.91 Å². The van der Waals surface area contributed by atoms with Crippen molar-refractivity contribution in [1.82, 2.24) is 14.8 Å². The summed E-state index contributed by atoms with van der Waals surface area (Å²) in [5.41, 5.74) is 6.01. The Morgan fingerprint density at radius 2 is 1.96 bits per heavy atom. The van der Waals surface area contributed by atoms with Crippen LogP contribution in [-0.2, 0) is 16.1 Å². The maximum absolute atomic E-state index is 12.1. The molecule has 0 radical (unpaired) electrons. The Bertz CT molecular complexity index is 861. The summed E-state index contributed by atoms with van der Waals surface area (Å²) in [6, 6.07) is 12.5. The molecule has 8 nitrogen and oxygen atoms in total. The first-order valence-electron chi connectivity index (χ1n) is 7.36. The van der Waals surface area contributed by atoms with Crippen molar-refractivity contribution in [1.29, 1.82) is 0 Å². The van der Waals surface area contributed by atoms with Gasteiger partial charge in [-0.15, -0.1) is 10.2 Å². The van der Waals surface area contributed by atoms with Crippen molar-refractivity contribution < 1.29 is 14.0 Å². The van der Waals surface area contributed by atoms with Gasteiger partial charge < -0.3 is 15.5 Å². The second kappa shape index (κ2) is 7.67. The van der Waals surface area contributed by atoms with Crippen LogP contribution >= 0.6 is 11.8 Å². The maximum atomic E-state index is 12.1. The lowest BCUT2D eigenvalue weighted by atomic mass is 10.3. The van der Waals surface area contributed by atoms with Gasteiger partial charge in [-0.05, 0) is 24.3 Å². The number of hydrogen-bond donors (Lipinski definition) is 2. The van der Waals surface area contributed by atoms with Crippen LogP contribution in [0.2, 0.25) is 0 Å². The summed E-state index contributed by atoms with van der Waals surface area (Å²) in [6.07, 6.45) is 1.50. The van der Waals surface area contributed by atoms with E-state index in [1.165, 1.54) is 10.8 Å². The highest BCUT2D eigenvalue weighted by Gasteiger charge is 2.18. The fraction of sp³-hybridized carbons (Fsp3) is 0.125. The molecule has 3 rings (SSSR count). The lowest BCUT2D eigenvalue weighted by Gasteiger charge is -2.07. The number of para-hydroxylation sites is 1. The minimum Gasteiger partial charge on any atom is -0.461 e. The Labute approximate surface area is 147 Å². The van der Waals surface area contributed by atoms with E-state index in [1.54, 1.807) is 24.3 Å². The molecule has 0 spiro atoms. The van der Waals surface area contributed by atoms with Gasteiger partial charge in [0, 0.05) is 5.69 Å². The molecule has 0 saturated heterocycles. The van der Waals surface area contributed by atoms with E-state index in [1.807, 2.05) is 18.2 Å². The molecular weight excluding hydrogens is 342 g/mol. The largest absolute Gasteiger partial charge is 0.461 e. The van der Waals surface area contributed by atoms with E-state index in [4.69, 9.17) is 10.2 Å². The number of nitrogens with two attached hydrogens (primary N) is 1. The first-order chi connectivity index (χ1) is 12.1. The number of rotatable bonds is 7. The third-order valence-electron chi connectivity index (χ3n) is 3.16. The van der Waals surface area contributed by atoms with Crippen LogP contribution in [-0.4, -0.2) is 32.3 Å². The molecule has 0 atom stereocenters. The first-order valence-corrected chi connectivity index (χ1v) is 8.35. The molecule has 2 heterocycles. The molecule has 0 saturated carbocycles. The van der Waals surface area contributed by atoms with Crippen LogP contribution in [0.5, 0.6) is 0 Å². The van der Waals surface area contributed by atoms with Gasteiger partial charge in [-0.1, -0.05) is 30.0 Å². The Balaban J connectivity index is 1.71. The molecule has 2 amide bonds. The van der Waals surface area contributed by atoms with Crippen LogP contribution in [0.4, 0.5) is 5.69 Å². The molecule has 0 bridgehead atoms. The van der Waals surface area contributed by atoms with Gasteiger partial charge in [0.25, 0.3) is 0 Å². The van der Waals surface area contributed by atoms with Gasteiger partial charge in [-0.3, -0.25) is 14.2 Å². The van der Waals surface area contributed by atoms with Gasteiger partial charge in [-0.2, -0.15) is 0 Å². The zero-order valence-corrected chi connectivity index (χ0v) is 13.9. The van der Waals surface area contributed by atoms with Crippen LogP contribution in [0, 0.1) is 0 Å². The van der Waals surface area contributed by atoms with Crippen molar-refractivity contribution in [2.45, 2.75) is 11.7 Å². The number of furan rings is 1. The van der Waals surface area contributed by atoms with Crippen LogP contribution in [0.25, 0.3) is 11.6 Å². The zero-order valence-electron chi connectivity index (χ0n) is 13.1. The van der Waals surface area contributed by atoms with E-state index in [0.29, 0.717) is 22.4 Å². The summed E-state index contributed by atoms with van der Waals surface area (Å²) in [5, 5.41) is 11.3. The quantitative estimate of drug-likeness (QED) is 0.622. The Morgan fingerprint density at radius 1 is 1.16 bits per heavy atom. The van der Waals surface area contributed by atoms with Crippen LogP contribution < -0.4 is 11.1 Å². The summed E-state index contributed by atoms with van der Waals surface area (Å²) in [7, 11) is 0. The van der Waals surface area contributed by atoms with Crippen LogP contribution in [0.15, 0.2) is 58.3 Å². The number of anilines is 1. The first kappa shape index (κ1) is 16.8. The Morgan fingerprint density at radius 3 is 2.64 bits per heavy atom. The third-order valence-corrected chi connectivity index (χ3v) is 4.13. The van der Waals surface area contributed by atoms with Crippen molar-refractivity contribution in [3.63, 3.8) is 0 Å². The molecule has 0 aliphatic rings. The number of carbonyl (C=O) groups excluding carboxylic acids is 2. The normalized spacial score (nSPS) is 10.6. The SMILES string of the molecule is NC(=O)Cn1c(SCC(=O)Nc2ccccc2)nnc1-c1ccco1. The number of amides is 2. The van der Waals surface area contributed by atoms with Crippen LogP contribution in [0.3, 0.4) is 0 Å². The summed E-state index contributed by atoms with van der Waals surface area (Å²) >= 11 is 1.16. The molecule has 9 heteroatoms. The summed E-state index contributed by atoms with van der Waals surface area (Å²) in [5.74, 6) is 0.237. The van der Waals surface area contributed by atoms with Crippen molar-refractivity contribution in [2.24, 2.45) is 5.73 Å². The van der Waals surface area contributed by atoms with Gasteiger partial charge in [0.1, 0.15) is 6.54 Å². The van der Waals surface area contributed by atoms with E-state index in [-0.39, 0.29) is 18.2 Å². The third kappa shape index (κ3) is 4.27. The van der Waals surface area contributed by atoms with E-state index in [0.717, 1.165) is 11.8 Å². The smallest absolute Gasteiger partial charge is 0.237 e. The number of carbonyl (C=O) groups is 2. The maximum Gasteiger partial charge on any atom is 0.237 e. The number of benzene rings is 1. The number of aromatic nitrogens is 3. The monoisotopic (exact) mass is 357 g/mol. The lowest BCUT2D eigenvalue weighted by Crippen LogP contribution is -2.20. The van der Waals surface area contributed by atoms with Gasteiger partial charge in [0.15, 0.2) is 10.9 Å². The van der Waals surface area contributed by atoms with Crippen molar-refractivity contribution in [3.05, 3.63) is 48.7 Å². The molecule has 1 aromatic carbocycles. The molecule has 25 heavy (non-hydrogen) atoms. The predicted octanol–water partition coefficient (Wildman–Crippen LogP) is 1.75. The van der Waals surface area contributed by atoms with Gasteiger partial charge in [0.2, 0.25) is 17.6 Å². The lowest BCUT2D eigenvalue weighted by molar-refractivity contribution is -0.118. The molecule has 0 unspecified atom stereocenters. The number of hydrogen-bond acceptors (Lipinski definition) is 6. The van der Waals surface area contributed by atoms with Crippen molar-refractivity contribution in [2.75, 3.05) is 11.1 Å². The highest BCUT2D eigenvalue weighted by molar-refractivity contribution is 7.99.